The van der Waals surface area contributed by atoms with E-state index in [1.165, 1.54) is 24.8 Å². The summed E-state index contributed by atoms with van der Waals surface area (Å²) in [5.74, 6) is -3.20. The zero-order chi connectivity index (χ0) is 26.8. The zero-order valence-electron chi connectivity index (χ0n) is 19.4. The van der Waals surface area contributed by atoms with Gasteiger partial charge in [-0.05, 0) is 33.8 Å². The second-order valence-corrected chi connectivity index (χ2v) is 11.2. The highest BCUT2D eigenvalue weighted by Crippen LogP contribution is 2.37. The molecular formula is C20H22ClN5O8S2. The first kappa shape index (κ1) is 27.4. The van der Waals surface area contributed by atoms with Crippen LogP contribution in [0.4, 0.5) is 5.13 Å². The Morgan fingerprint density at radius 2 is 2.08 bits per heavy atom. The van der Waals surface area contributed by atoms with Gasteiger partial charge in [-0.1, -0.05) is 28.1 Å². The minimum absolute atomic E-state index is 0.0218. The molecule has 3 N–H and O–H groups in total. The van der Waals surface area contributed by atoms with E-state index in [4.69, 9.17) is 21.2 Å². The molecule has 1 fully saturated rings. The van der Waals surface area contributed by atoms with Gasteiger partial charge in [0.25, 0.3) is 11.8 Å². The lowest BCUT2D eigenvalue weighted by atomic mass is 10.0. The first-order valence-electron chi connectivity index (χ1n) is 10.4. The highest BCUT2D eigenvalue weighted by atomic mass is 35.5. The molecule has 3 heterocycles. The number of carbonyl (C=O) groups excluding carboxylic acids is 4. The van der Waals surface area contributed by atoms with Crippen LogP contribution in [-0.4, -0.2) is 79.7 Å². The molecule has 2 aliphatic rings. The van der Waals surface area contributed by atoms with Crippen LogP contribution in [0, 0.1) is 0 Å². The van der Waals surface area contributed by atoms with Crippen molar-refractivity contribution in [2.24, 2.45) is 5.16 Å². The summed E-state index contributed by atoms with van der Waals surface area (Å²) in [5.41, 5.74) is -1.58. The van der Waals surface area contributed by atoms with E-state index in [0.29, 0.717) is 12.2 Å². The van der Waals surface area contributed by atoms with Crippen LogP contribution >= 0.6 is 34.7 Å². The molecule has 3 atom stereocenters. The van der Waals surface area contributed by atoms with Crippen molar-refractivity contribution in [3.63, 3.8) is 0 Å². The van der Waals surface area contributed by atoms with Crippen molar-refractivity contribution in [3.8, 4) is 0 Å². The maximum absolute atomic E-state index is 13.2. The fraction of sp³-hybridized carbons (Fsp3) is 0.450. The molecule has 0 radical (unpaired) electrons. The Morgan fingerprint density at radius 1 is 1.39 bits per heavy atom. The largest absolute Gasteiger partial charge is 0.477 e. The molecule has 0 spiro atoms. The highest BCUT2D eigenvalue weighted by molar-refractivity contribution is 8.00. The second-order valence-electron chi connectivity index (χ2n) is 8.40. The topological polar surface area (TPSA) is 177 Å². The third-order valence-corrected chi connectivity index (χ3v) is 6.97. The number of carboxylic acids is 1. The Balaban J connectivity index is 1.84. The van der Waals surface area contributed by atoms with Crippen molar-refractivity contribution in [2.75, 3.05) is 11.1 Å². The molecular weight excluding hydrogens is 538 g/mol. The minimum atomic E-state index is -1.25. The Bertz CT molecular complexity index is 1160. The van der Waals surface area contributed by atoms with Crippen molar-refractivity contribution in [3.05, 3.63) is 21.8 Å². The molecule has 194 valence electrons. The number of rotatable bonds is 9. The molecule has 2 unspecified atom stereocenters. The van der Waals surface area contributed by atoms with Gasteiger partial charge in [0.1, 0.15) is 32.7 Å². The third kappa shape index (κ3) is 5.96. The standard InChI is InChI=1S/C20H22ClN5O8S2/c1-8(18(32)33-20(2,3)4)34-25-11(10-13(21)36-19(24-10)22-7-27)14(28)23-12-15(29)26-9(17(30)31)5-6-35-16(12)26/h5,7-8,12,16H,6H2,1-4H3,(H,23,28)(H,30,31)(H,22,24,27)/b25-11+/t8?,12?,16-/m1/s1. The number of carboxylic acid groups (broad SMARTS) is 1. The van der Waals surface area contributed by atoms with Crippen molar-refractivity contribution >= 4 is 75.7 Å². The molecule has 0 aliphatic carbocycles. The van der Waals surface area contributed by atoms with Gasteiger partial charge < -0.3 is 25.3 Å². The van der Waals surface area contributed by atoms with Crippen LogP contribution in [0.15, 0.2) is 16.9 Å². The van der Waals surface area contributed by atoms with E-state index in [2.05, 4.69) is 20.8 Å². The number of aliphatic carboxylic acids is 1. The van der Waals surface area contributed by atoms with E-state index in [1.807, 2.05) is 0 Å². The predicted octanol–water partition coefficient (Wildman–Crippen LogP) is 1.18. The van der Waals surface area contributed by atoms with E-state index < -0.39 is 52.6 Å². The molecule has 0 aromatic carbocycles. The predicted molar refractivity (Wildman–Crippen MR) is 130 cm³/mol. The van der Waals surface area contributed by atoms with Crippen LogP contribution in [0.3, 0.4) is 0 Å². The van der Waals surface area contributed by atoms with Gasteiger partial charge in [-0.3, -0.25) is 19.3 Å². The van der Waals surface area contributed by atoms with Gasteiger partial charge in [-0.25, -0.2) is 14.6 Å². The summed E-state index contributed by atoms with van der Waals surface area (Å²) in [7, 11) is 0. The molecule has 0 bridgehead atoms. The van der Waals surface area contributed by atoms with Gasteiger partial charge in [0, 0.05) is 5.75 Å². The fourth-order valence-corrected chi connectivity index (χ4v) is 5.26. The minimum Gasteiger partial charge on any atom is -0.477 e. The number of β-lactam (4-membered cyclic amide) rings is 1. The SMILES string of the molecule is CC(O/N=C(/C(=O)NC1C(=O)N2C(C(=O)O)=CCS[C@H]12)c1nc(NC=O)sc1Cl)C(=O)OC(C)(C)C. The number of aromatic nitrogens is 1. The number of nitrogens with one attached hydrogen (secondary N) is 2. The Hall–Kier alpha value is -3.17. The Kier molecular flexibility index (Phi) is 8.26. The number of anilines is 1. The Labute approximate surface area is 218 Å². The molecule has 0 saturated carbocycles. The smallest absolute Gasteiger partial charge is 0.352 e. The average Bonchev–Trinajstić information content (AvgIpc) is 3.15. The number of ether oxygens (including phenoxy) is 1. The number of fused-ring (bicyclic) bond motifs is 1. The van der Waals surface area contributed by atoms with E-state index in [-0.39, 0.29) is 20.9 Å². The molecule has 2 aliphatic heterocycles. The van der Waals surface area contributed by atoms with Crippen LogP contribution < -0.4 is 10.6 Å². The monoisotopic (exact) mass is 559 g/mol. The molecule has 1 aromatic heterocycles. The summed E-state index contributed by atoms with van der Waals surface area (Å²) in [4.78, 5) is 70.6. The van der Waals surface area contributed by atoms with Crippen LogP contribution in [0.2, 0.25) is 4.34 Å². The lowest BCUT2D eigenvalue weighted by molar-refractivity contribution is -0.167. The molecule has 1 saturated heterocycles. The van der Waals surface area contributed by atoms with Gasteiger partial charge in [-0.2, -0.15) is 0 Å². The molecule has 1 aromatic rings. The van der Waals surface area contributed by atoms with Crippen LogP contribution in [0.1, 0.15) is 33.4 Å². The fourth-order valence-electron chi connectivity index (χ4n) is 3.06. The molecule has 3 amide bonds. The van der Waals surface area contributed by atoms with Crippen LogP contribution in [-0.2, 0) is 33.5 Å². The number of hydrogen-bond donors (Lipinski definition) is 3. The maximum Gasteiger partial charge on any atom is 0.352 e. The summed E-state index contributed by atoms with van der Waals surface area (Å²) in [6.45, 7) is 6.37. The second kappa shape index (κ2) is 10.8. The van der Waals surface area contributed by atoms with Crippen molar-refractivity contribution in [1.29, 1.82) is 0 Å². The van der Waals surface area contributed by atoms with Crippen LogP contribution in [0.25, 0.3) is 0 Å². The number of amides is 3. The van der Waals surface area contributed by atoms with Crippen molar-refractivity contribution in [1.82, 2.24) is 15.2 Å². The van der Waals surface area contributed by atoms with E-state index in [1.54, 1.807) is 20.8 Å². The first-order valence-corrected chi connectivity index (χ1v) is 12.6. The number of esters is 1. The average molecular weight is 560 g/mol. The van der Waals surface area contributed by atoms with Gasteiger partial charge in [-0.15, -0.1) is 11.8 Å². The van der Waals surface area contributed by atoms with Crippen molar-refractivity contribution in [2.45, 2.75) is 50.8 Å². The van der Waals surface area contributed by atoms with E-state index in [9.17, 15) is 29.1 Å². The summed E-state index contributed by atoms with van der Waals surface area (Å²) in [6.07, 6.45) is 0.566. The first-order chi connectivity index (χ1) is 16.8. The zero-order valence-corrected chi connectivity index (χ0v) is 21.8. The van der Waals surface area contributed by atoms with E-state index >= 15 is 0 Å². The summed E-state index contributed by atoms with van der Waals surface area (Å²) < 4.78 is 5.20. The lowest BCUT2D eigenvalue weighted by Crippen LogP contribution is -2.70. The molecule has 13 nitrogen and oxygen atoms in total. The summed E-state index contributed by atoms with van der Waals surface area (Å²) in [6, 6.07) is -1.05. The van der Waals surface area contributed by atoms with Gasteiger partial charge >= 0.3 is 11.9 Å². The quantitative estimate of drug-likeness (QED) is 0.131. The number of hydrogen-bond acceptors (Lipinski definition) is 11. The normalized spacial score (nSPS) is 20.4. The molecule has 3 rings (SSSR count). The lowest BCUT2D eigenvalue weighted by Gasteiger charge is -2.48. The number of thioether (sulfide) groups is 1. The molecule has 16 heteroatoms. The third-order valence-electron chi connectivity index (χ3n) is 4.60. The Morgan fingerprint density at radius 3 is 2.69 bits per heavy atom. The van der Waals surface area contributed by atoms with Gasteiger partial charge in [0.2, 0.25) is 12.5 Å². The van der Waals surface area contributed by atoms with E-state index in [0.717, 1.165) is 16.2 Å². The maximum atomic E-state index is 13.2. The van der Waals surface area contributed by atoms with Gasteiger partial charge in [0.05, 0.1) is 0 Å². The number of thiazole rings is 1. The summed E-state index contributed by atoms with van der Waals surface area (Å²) in [5, 5.41) is 17.3. The number of carbonyl (C=O) groups is 5. The number of oxime groups is 1. The highest BCUT2D eigenvalue weighted by Gasteiger charge is 2.53. The van der Waals surface area contributed by atoms with Gasteiger partial charge in [0.15, 0.2) is 10.8 Å². The molecule has 36 heavy (non-hydrogen) atoms. The van der Waals surface area contributed by atoms with Crippen molar-refractivity contribution < 1.29 is 38.7 Å². The number of halogens is 1. The summed E-state index contributed by atoms with van der Waals surface area (Å²) >= 11 is 8.31. The number of nitrogens with zero attached hydrogens (tertiary/aromatic N) is 3. The van der Waals surface area contributed by atoms with Crippen LogP contribution in [0.5, 0.6) is 0 Å².